The molecule has 242 valence electrons. The smallest absolute Gasteiger partial charge is 0.220 e. The summed E-state index contributed by atoms with van der Waals surface area (Å²) in [4.78, 5) is 32.0. The number of rotatable bonds is 22. The van der Waals surface area contributed by atoms with Crippen LogP contribution in [0, 0.1) is 11.8 Å². The average Bonchev–Trinajstić information content (AvgIpc) is 3.41. The van der Waals surface area contributed by atoms with Crippen molar-refractivity contribution in [3.05, 3.63) is 88.5 Å². The number of aromatic nitrogens is 1. The molecule has 0 fully saturated rings. The zero-order valence-electron chi connectivity index (χ0n) is 27.9. The molecule has 0 bridgehead atoms. The highest BCUT2D eigenvalue weighted by Crippen LogP contribution is 2.32. The Kier molecular flexibility index (Phi) is 20.0. The Morgan fingerprint density at radius 1 is 0.864 bits per heavy atom. The molecule has 0 spiro atoms. The maximum atomic E-state index is 13.2. The van der Waals surface area contributed by atoms with E-state index in [-0.39, 0.29) is 17.6 Å². The van der Waals surface area contributed by atoms with Gasteiger partial charge < -0.3 is 5.32 Å². The van der Waals surface area contributed by atoms with Crippen LogP contribution in [0.5, 0.6) is 0 Å². The fourth-order valence-corrected chi connectivity index (χ4v) is 6.53. The van der Waals surface area contributed by atoms with Gasteiger partial charge in [0.25, 0.3) is 0 Å². The first-order valence-corrected chi connectivity index (χ1v) is 18.0. The fraction of sp³-hybridized carbons (Fsp3) is 0.564. The van der Waals surface area contributed by atoms with Gasteiger partial charge >= 0.3 is 0 Å². The van der Waals surface area contributed by atoms with Crippen LogP contribution >= 0.6 is 11.3 Å². The van der Waals surface area contributed by atoms with Gasteiger partial charge in [-0.2, -0.15) is 0 Å². The molecule has 0 saturated carbocycles. The molecular weight excluding hydrogens is 561 g/mol. The summed E-state index contributed by atoms with van der Waals surface area (Å²) in [5.41, 5.74) is 1.20. The highest BCUT2D eigenvalue weighted by Gasteiger charge is 2.27. The fourth-order valence-electron chi connectivity index (χ4n) is 5.29. The summed E-state index contributed by atoms with van der Waals surface area (Å²) in [6.45, 7) is 8.40. The van der Waals surface area contributed by atoms with Crippen LogP contribution < -0.4 is 5.32 Å². The maximum absolute atomic E-state index is 13.2. The standard InChI is InChI=1S/C39H58N2O2S/c1-5-7-9-10-11-12-13-14-15-16-17-18-19-20-21-22-23-24-25-27-37(43)41-39(32(3)4)35(42)31-38-40-34-29-28-33(26-8-6-2)30-36(34)44-38/h7,9,11-12,14-15,17-18,20-21,23-24,32-33,39H,5-6,8,10,13,16,19,22,25-31H2,1-4H3,(H,41,43)/b9-7-,12-11-,15-14-,18-17-,21-20-,24-23-/t33-,39+/m1/s1. The number of nitrogens with one attached hydrogen (secondary N) is 1. The van der Waals surface area contributed by atoms with Crippen LogP contribution in [0.3, 0.4) is 0 Å². The molecule has 0 unspecified atom stereocenters. The lowest BCUT2D eigenvalue weighted by Crippen LogP contribution is -2.45. The third-order valence-corrected chi connectivity index (χ3v) is 8.96. The van der Waals surface area contributed by atoms with Crippen LogP contribution in [0.25, 0.3) is 0 Å². The monoisotopic (exact) mass is 618 g/mol. The Bertz CT molecular complexity index is 1130. The molecule has 0 radical (unpaired) electrons. The van der Waals surface area contributed by atoms with Gasteiger partial charge in [0.15, 0.2) is 5.78 Å². The highest BCUT2D eigenvalue weighted by atomic mass is 32.1. The van der Waals surface area contributed by atoms with Crippen molar-refractivity contribution in [3.8, 4) is 0 Å². The second kappa shape index (κ2) is 23.6. The van der Waals surface area contributed by atoms with Crippen molar-refractivity contribution in [2.24, 2.45) is 11.8 Å². The van der Waals surface area contributed by atoms with Crippen LogP contribution in [0.1, 0.15) is 120 Å². The van der Waals surface area contributed by atoms with Gasteiger partial charge in [0.1, 0.15) is 5.01 Å². The number of carbonyl (C=O) groups is 2. The first-order chi connectivity index (χ1) is 21.4. The Balaban J connectivity index is 1.61. The summed E-state index contributed by atoms with van der Waals surface area (Å²) < 4.78 is 0. The molecule has 0 aromatic carbocycles. The van der Waals surface area contributed by atoms with E-state index in [0.29, 0.717) is 19.3 Å². The van der Waals surface area contributed by atoms with Gasteiger partial charge in [-0.1, -0.05) is 120 Å². The topological polar surface area (TPSA) is 59.1 Å². The number of carbonyl (C=O) groups excluding carboxylic acids is 2. The number of hydrogen-bond acceptors (Lipinski definition) is 4. The van der Waals surface area contributed by atoms with Crippen molar-refractivity contribution in [2.75, 3.05) is 0 Å². The number of fused-ring (bicyclic) bond motifs is 1. The number of amides is 1. The minimum absolute atomic E-state index is 0.0466. The number of unbranched alkanes of at least 4 members (excludes halogenated alkanes) is 1. The molecule has 2 rings (SSSR count). The van der Waals surface area contributed by atoms with E-state index in [2.05, 4.69) is 92.1 Å². The predicted molar refractivity (Wildman–Crippen MR) is 190 cm³/mol. The molecule has 0 saturated heterocycles. The van der Waals surface area contributed by atoms with Crippen molar-refractivity contribution in [3.63, 3.8) is 0 Å². The van der Waals surface area contributed by atoms with E-state index in [4.69, 9.17) is 4.98 Å². The lowest BCUT2D eigenvalue weighted by atomic mass is 9.87. The van der Waals surface area contributed by atoms with Crippen LogP contribution in [0.2, 0.25) is 0 Å². The molecule has 1 N–H and O–H groups in total. The van der Waals surface area contributed by atoms with Crippen LogP contribution in [0.4, 0.5) is 0 Å². The van der Waals surface area contributed by atoms with Gasteiger partial charge in [-0.3, -0.25) is 9.59 Å². The zero-order valence-corrected chi connectivity index (χ0v) is 28.8. The van der Waals surface area contributed by atoms with E-state index in [1.165, 1.54) is 36.3 Å². The quantitative estimate of drug-likeness (QED) is 0.132. The van der Waals surface area contributed by atoms with Gasteiger partial charge in [0.05, 0.1) is 18.2 Å². The molecule has 1 amide bonds. The van der Waals surface area contributed by atoms with Gasteiger partial charge in [0, 0.05) is 11.3 Å². The first-order valence-electron chi connectivity index (χ1n) is 17.1. The summed E-state index contributed by atoms with van der Waals surface area (Å²) in [6, 6.07) is -0.467. The second-order valence-corrected chi connectivity index (χ2v) is 13.3. The molecule has 4 nitrogen and oxygen atoms in total. The van der Waals surface area contributed by atoms with E-state index in [1.54, 1.807) is 11.3 Å². The Morgan fingerprint density at radius 3 is 1.98 bits per heavy atom. The number of hydrogen-bond donors (Lipinski definition) is 1. The van der Waals surface area contributed by atoms with Crippen molar-refractivity contribution in [1.82, 2.24) is 10.3 Å². The normalized spacial score (nSPS) is 16.5. The summed E-state index contributed by atoms with van der Waals surface area (Å²) in [6.07, 6.45) is 40.6. The molecule has 1 aliphatic carbocycles. The average molecular weight is 619 g/mol. The second-order valence-electron chi connectivity index (χ2n) is 12.1. The molecule has 5 heteroatoms. The third kappa shape index (κ3) is 16.3. The largest absolute Gasteiger partial charge is 0.346 e. The van der Waals surface area contributed by atoms with Crippen molar-refractivity contribution in [1.29, 1.82) is 0 Å². The molecule has 0 aliphatic heterocycles. The third-order valence-electron chi connectivity index (χ3n) is 7.84. The Labute approximate surface area is 272 Å². The van der Waals surface area contributed by atoms with Crippen molar-refractivity contribution in [2.45, 2.75) is 130 Å². The van der Waals surface area contributed by atoms with Gasteiger partial charge in [-0.05, 0) is 76.0 Å². The van der Waals surface area contributed by atoms with Crippen molar-refractivity contribution >= 4 is 23.0 Å². The van der Waals surface area contributed by atoms with Crippen LogP contribution in [-0.2, 0) is 28.9 Å². The summed E-state index contributed by atoms with van der Waals surface area (Å²) >= 11 is 1.71. The SMILES string of the molecule is CC/C=C\C/C=C\C/C=C\C/C=C\C/C=C\C/C=C\CCC(=O)N[C@H](C(=O)Cc1nc2c(s1)C[C@H](CCCC)CC2)C(C)C. The van der Waals surface area contributed by atoms with E-state index in [0.717, 1.165) is 62.3 Å². The highest BCUT2D eigenvalue weighted by molar-refractivity contribution is 7.11. The molecular formula is C39H58N2O2S. The van der Waals surface area contributed by atoms with Crippen molar-refractivity contribution < 1.29 is 9.59 Å². The summed E-state index contributed by atoms with van der Waals surface area (Å²) in [7, 11) is 0. The molecule has 1 aliphatic rings. The molecule has 1 heterocycles. The van der Waals surface area contributed by atoms with Gasteiger partial charge in [0.2, 0.25) is 5.91 Å². The van der Waals surface area contributed by atoms with Crippen LogP contribution in [0.15, 0.2) is 72.9 Å². The number of Topliss-reactive ketones (excluding diaryl/α,β-unsaturated/α-hetero) is 1. The van der Waals surface area contributed by atoms with Crippen LogP contribution in [-0.4, -0.2) is 22.7 Å². The molecule has 1 aromatic rings. The van der Waals surface area contributed by atoms with E-state index < -0.39 is 6.04 Å². The number of aryl methyl sites for hydroxylation is 1. The van der Waals surface area contributed by atoms with E-state index in [1.807, 2.05) is 13.8 Å². The number of thiazole rings is 1. The lowest BCUT2D eigenvalue weighted by molar-refractivity contribution is -0.128. The van der Waals surface area contributed by atoms with E-state index in [9.17, 15) is 9.59 Å². The minimum atomic E-state index is -0.467. The zero-order chi connectivity index (χ0) is 31.8. The summed E-state index contributed by atoms with van der Waals surface area (Å²) in [5.74, 6) is 0.811. The summed E-state index contributed by atoms with van der Waals surface area (Å²) in [5, 5.41) is 3.92. The number of ketones is 1. The number of nitrogens with zero attached hydrogens (tertiary/aromatic N) is 1. The Morgan fingerprint density at radius 2 is 1.43 bits per heavy atom. The maximum Gasteiger partial charge on any atom is 0.220 e. The predicted octanol–water partition coefficient (Wildman–Crippen LogP) is 10.2. The van der Waals surface area contributed by atoms with Gasteiger partial charge in [-0.15, -0.1) is 11.3 Å². The number of allylic oxidation sites excluding steroid dienone is 12. The van der Waals surface area contributed by atoms with Gasteiger partial charge in [-0.25, -0.2) is 4.98 Å². The molecule has 2 atom stereocenters. The molecule has 1 aromatic heterocycles. The van der Waals surface area contributed by atoms with E-state index >= 15 is 0 Å². The Hall–Kier alpha value is -2.79. The minimum Gasteiger partial charge on any atom is -0.346 e. The molecule has 44 heavy (non-hydrogen) atoms. The first kappa shape index (κ1) is 37.4. The lowest BCUT2D eigenvalue weighted by Gasteiger charge is -2.20.